The molecule has 0 spiro atoms. The second-order valence-corrected chi connectivity index (χ2v) is 4.72. The first kappa shape index (κ1) is 14.4. The molecule has 0 bridgehead atoms. The highest BCUT2D eigenvalue weighted by molar-refractivity contribution is 6.09. The number of fused-ring (bicyclic) bond motifs is 1. The fraction of sp³-hybridized carbons (Fsp3) is 0. The van der Waals surface area contributed by atoms with Gasteiger partial charge < -0.3 is 4.42 Å². The molecule has 0 unspecified atom stereocenters. The van der Waals surface area contributed by atoms with Gasteiger partial charge in [0.05, 0.1) is 9.85 Å². The molecule has 1 aromatic heterocycles. The van der Waals surface area contributed by atoms with Gasteiger partial charge in [0.25, 0.3) is 11.4 Å². The number of ketones is 1. The number of carbonyl (C=O) groups is 1. The number of benzene rings is 2. The summed E-state index contributed by atoms with van der Waals surface area (Å²) < 4.78 is 5.39. The first-order chi connectivity index (χ1) is 11.0. The SMILES string of the molecule is O=C(c1ccc([N+](=O)[O-])cc1)c1cc2cc([N+](=O)[O-])ccc2o1. The zero-order valence-electron chi connectivity index (χ0n) is 11.5. The molecule has 0 aliphatic heterocycles. The molecule has 0 aliphatic rings. The summed E-state index contributed by atoms with van der Waals surface area (Å²) in [5.74, 6) is -0.451. The second-order valence-electron chi connectivity index (χ2n) is 4.72. The number of non-ortho nitro benzene ring substituents is 2. The van der Waals surface area contributed by atoms with Gasteiger partial charge >= 0.3 is 0 Å². The van der Waals surface area contributed by atoms with E-state index < -0.39 is 15.6 Å². The van der Waals surface area contributed by atoms with Crippen LogP contribution in [0.1, 0.15) is 16.1 Å². The smallest absolute Gasteiger partial charge is 0.270 e. The number of hydrogen-bond donors (Lipinski definition) is 0. The molecule has 0 radical (unpaired) electrons. The van der Waals surface area contributed by atoms with E-state index in [1.165, 1.54) is 48.5 Å². The molecule has 8 heteroatoms. The maximum absolute atomic E-state index is 12.3. The summed E-state index contributed by atoms with van der Waals surface area (Å²) in [7, 11) is 0. The average molecular weight is 312 g/mol. The molecular formula is C15H8N2O6. The van der Waals surface area contributed by atoms with Gasteiger partial charge in [-0.3, -0.25) is 25.0 Å². The maximum atomic E-state index is 12.3. The standard InChI is InChI=1S/C15H8N2O6/c18-15(9-1-3-11(4-2-9)16(19)20)14-8-10-7-12(17(21)22)5-6-13(10)23-14/h1-8H. The lowest BCUT2D eigenvalue weighted by Crippen LogP contribution is -1.99. The van der Waals surface area contributed by atoms with Gasteiger partial charge in [0.2, 0.25) is 5.78 Å². The van der Waals surface area contributed by atoms with Crippen LogP contribution < -0.4 is 0 Å². The summed E-state index contributed by atoms with van der Waals surface area (Å²) in [6.45, 7) is 0. The Morgan fingerprint density at radius 3 is 2.09 bits per heavy atom. The summed E-state index contributed by atoms with van der Waals surface area (Å²) in [5.41, 5.74) is 0.347. The van der Waals surface area contributed by atoms with E-state index in [-0.39, 0.29) is 22.7 Å². The van der Waals surface area contributed by atoms with Gasteiger partial charge in [-0.1, -0.05) is 0 Å². The van der Waals surface area contributed by atoms with E-state index in [0.717, 1.165) is 0 Å². The molecule has 3 aromatic rings. The zero-order valence-corrected chi connectivity index (χ0v) is 11.5. The third-order valence-electron chi connectivity index (χ3n) is 3.27. The molecule has 0 N–H and O–H groups in total. The Morgan fingerprint density at radius 2 is 1.48 bits per heavy atom. The Kier molecular flexibility index (Phi) is 3.34. The zero-order chi connectivity index (χ0) is 16.6. The molecular weight excluding hydrogens is 304 g/mol. The van der Waals surface area contributed by atoms with Crippen LogP contribution in [0.25, 0.3) is 11.0 Å². The van der Waals surface area contributed by atoms with Gasteiger partial charge in [0, 0.05) is 35.2 Å². The summed E-state index contributed by atoms with van der Waals surface area (Å²) in [4.78, 5) is 32.6. The van der Waals surface area contributed by atoms with Crippen LogP contribution in [0.3, 0.4) is 0 Å². The molecule has 0 fully saturated rings. The molecule has 0 amide bonds. The number of rotatable bonds is 4. The normalized spacial score (nSPS) is 10.6. The van der Waals surface area contributed by atoms with Gasteiger partial charge in [0.1, 0.15) is 5.58 Å². The molecule has 0 saturated carbocycles. The van der Waals surface area contributed by atoms with Crippen LogP contribution in [0.4, 0.5) is 11.4 Å². The van der Waals surface area contributed by atoms with E-state index in [4.69, 9.17) is 4.42 Å². The number of hydrogen-bond acceptors (Lipinski definition) is 6. The fourth-order valence-corrected chi connectivity index (χ4v) is 2.13. The van der Waals surface area contributed by atoms with Gasteiger partial charge in [-0.15, -0.1) is 0 Å². The molecule has 114 valence electrons. The van der Waals surface area contributed by atoms with E-state index >= 15 is 0 Å². The number of nitrogens with zero attached hydrogens (tertiary/aromatic N) is 2. The maximum Gasteiger partial charge on any atom is 0.270 e. The molecule has 23 heavy (non-hydrogen) atoms. The highest BCUT2D eigenvalue weighted by Gasteiger charge is 2.17. The van der Waals surface area contributed by atoms with Gasteiger partial charge in [-0.2, -0.15) is 0 Å². The van der Waals surface area contributed by atoms with E-state index in [9.17, 15) is 25.0 Å². The number of carbonyl (C=O) groups excluding carboxylic acids is 1. The quantitative estimate of drug-likeness (QED) is 0.413. The number of furan rings is 1. The van der Waals surface area contributed by atoms with Gasteiger partial charge in [-0.05, 0) is 24.3 Å². The Bertz CT molecular complexity index is 942. The molecule has 2 aromatic carbocycles. The molecule has 0 saturated heterocycles. The van der Waals surface area contributed by atoms with Crippen molar-refractivity contribution < 1.29 is 19.1 Å². The third-order valence-corrected chi connectivity index (χ3v) is 3.27. The summed E-state index contributed by atoms with van der Waals surface area (Å²) in [6.07, 6.45) is 0. The van der Waals surface area contributed by atoms with Crippen LogP contribution in [-0.2, 0) is 0 Å². The third kappa shape index (κ3) is 2.64. The van der Waals surface area contributed by atoms with Crippen LogP contribution in [0.2, 0.25) is 0 Å². The molecule has 3 rings (SSSR count). The van der Waals surface area contributed by atoms with Crippen LogP contribution in [0.15, 0.2) is 52.9 Å². The number of nitro benzene ring substituents is 2. The Hall–Kier alpha value is -3.55. The highest BCUT2D eigenvalue weighted by atomic mass is 16.6. The lowest BCUT2D eigenvalue weighted by Gasteiger charge is -1.97. The van der Waals surface area contributed by atoms with Crippen molar-refractivity contribution in [3.63, 3.8) is 0 Å². The van der Waals surface area contributed by atoms with Crippen molar-refractivity contribution in [2.45, 2.75) is 0 Å². The fourth-order valence-electron chi connectivity index (χ4n) is 2.13. The second kappa shape index (κ2) is 5.34. The number of nitro groups is 2. The summed E-state index contributed by atoms with van der Waals surface area (Å²) in [6, 6.07) is 10.5. The van der Waals surface area contributed by atoms with E-state index in [1.54, 1.807) is 0 Å². The van der Waals surface area contributed by atoms with E-state index in [1.807, 2.05) is 0 Å². The van der Waals surface area contributed by atoms with Crippen molar-refractivity contribution >= 4 is 28.1 Å². The Morgan fingerprint density at radius 1 is 0.870 bits per heavy atom. The first-order valence-electron chi connectivity index (χ1n) is 6.43. The van der Waals surface area contributed by atoms with Crippen LogP contribution in [0.5, 0.6) is 0 Å². The lowest BCUT2D eigenvalue weighted by atomic mass is 10.1. The van der Waals surface area contributed by atoms with E-state index in [2.05, 4.69) is 0 Å². The van der Waals surface area contributed by atoms with Crippen molar-refractivity contribution in [3.05, 3.63) is 80.1 Å². The minimum absolute atomic E-state index is 0.00866. The highest BCUT2D eigenvalue weighted by Crippen LogP contribution is 2.26. The van der Waals surface area contributed by atoms with Crippen molar-refractivity contribution in [1.29, 1.82) is 0 Å². The van der Waals surface area contributed by atoms with Crippen molar-refractivity contribution in [3.8, 4) is 0 Å². The van der Waals surface area contributed by atoms with Crippen LogP contribution in [-0.4, -0.2) is 15.6 Å². The molecule has 0 aliphatic carbocycles. The molecule has 1 heterocycles. The van der Waals surface area contributed by atoms with Crippen LogP contribution in [0, 0.1) is 20.2 Å². The predicted octanol–water partition coefficient (Wildman–Crippen LogP) is 3.48. The van der Waals surface area contributed by atoms with Gasteiger partial charge in [0.15, 0.2) is 5.76 Å². The monoisotopic (exact) mass is 312 g/mol. The molecule has 0 atom stereocenters. The topological polar surface area (TPSA) is 116 Å². The largest absolute Gasteiger partial charge is 0.453 e. The van der Waals surface area contributed by atoms with Crippen molar-refractivity contribution in [2.75, 3.05) is 0 Å². The van der Waals surface area contributed by atoms with Crippen molar-refractivity contribution in [1.82, 2.24) is 0 Å². The Labute approximate surface area is 128 Å². The minimum atomic E-state index is -0.561. The molecule has 8 nitrogen and oxygen atoms in total. The summed E-state index contributed by atoms with van der Waals surface area (Å²) in [5, 5.41) is 21.8. The first-order valence-corrected chi connectivity index (χ1v) is 6.43. The Balaban J connectivity index is 1.97. The van der Waals surface area contributed by atoms with Gasteiger partial charge in [-0.25, -0.2) is 0 Å². The van der Waals surface area contributed by atoms with Crippen LogP contribution >= 0.6 is 0 Å². The van der Waals surface area contributed by atoms with E-state index in [0.29, 0.717) is 11.0 Å². The average Bonchev–Trinajstić information content (AvgIpc) is 2.97. The summed E-state index contributed by atoms with van der Waals surface area (Å²) >= 11 is 0. The minimum Gasteiger partial charge on any atom is -0.453 e. The van der Waals surface area contributed by atoms with Crippen molar-refractivity contribution in [2.24, 2.45) is 0 Å². The predicted molar refractivity (Wildman–Crippen MR) is 79.4 cm³/mol. The lowest BCUT2D eigenvalue weighted by molar-refractivity contribution is -0.385.